The number of hydrogen-bond acceptors (Lipinski definition) is 2. The summed E-state index contributed by atoms with van der Waals surface area (Å²) in [4.78, 5) is 0. The van der Waals surface area contributed by atoms with Crippen LogP contribution in [0.3, 0.4) is 0 Å². The Morgan fingerprint density at radius 3 is 2.41 bits per heavy atom. The van der Waals surface area contributed by atoms with E-state index in [0.29, 0.717) is 17.6 Å². The van der Waals surface area contributed by atoms with Gasteiger partial charge in [-0.3, -0.25) is 0 Å². The van der Waals surface area contributed by atoms with E-state index in [2.05, 4.69) is 25.6 Å². The van der Waals surface area contributed by atoms with Crippen LogP contribution in [0.1, 0.15) is 52.4 Å². The first-order chi connectivity index (χ1) is 8.14. The van der Waals surface area contributed by atoms with Gasteiger partial charge in [0.2, 0.25) is 0 Å². The van der Waals surface area contributed by atoms with Crippen molar-refractivity contribution in [2.24, 2.45) is 17.3 Å². The molecule has 6 unspecified atom stereocenters. The molecule has 0 N–H and O–H groups in total. The molecule has 6 atom stereocenters. The van der Waals surface area contributed by atoms with Gasteiger partial charge in [0.1, 0.15) is 0 Å². The number of hydrogen-bond donors (Lipinski definition) is 0. The number of rotatable bonds is 2. The van der Waals surface area contributed by atoms with Gasteiger partial charge in [-0.25, -0.2) is 0 Å². The number of ether oxygens (including phenoxy) is 1. The standard InChI is InChI=1S/C15H24OS/c1-15(2,9-3-5-11-12(7-9)16-11)10-4-6-13-14(8-10)17-13/h9-14H,3-8H2,1-2H3. The predicted octanol–water partition coefficient (Wildman–Crippen LogP) is 3.86. The van der Waals surface area contributed by atoms with E-state index in [9.17, 15) is 0 Å². The second-order valence-electron chi connectivity index (χ2n) is 7.27. The second-order valence-corrected chi connectivity index (χ2v) is 8.75. The number of thioether (sulfide) groups is 1. The zero-order chi connectivity index (χ0) is 11.6. The van der Waals surface area contributed by atoms with Crippen LogP contribution in [0, 0.1) is 17.3 Å². The van der Waals surface area contributed by atoms with Gasteiger partial charge in [-0.15, -0.1) is 0 Å². The van der Waals surface area contributed by atoms with Crippen LogP contribution in [0.25, 0.3) is 0 Å². The van der Waals surface area contributed by atoms with Crippen LogP contribution >= 0.6 is 11.8 Å². The highest BCUT2D eigenvalue weighted by molar-refractivity contribution is 8.07. The Labute approximate surface area is 109 Å². The summed E-state index contributed by atoms with van der Waals surface area (Å²) < 4.78 is 5.72. The molecule has 0 bridgehead atoms. The molecule has 2 saturated carbocycles. The Kier molecular flexibility index (Phi) is 2.40. The molecule has 0 spiro atoms. The quantitative estimate of drug-likeness (QED) is 0.692. The summed E-state index contributed by atoms with van der Waals surface area (Å²) in [7, 11) is 0. The Morgan fingerprint density at radius 1 is 0.882 bits per heavy atom. The predicted molar refractivity (Wildman–Crippen MR) is 72.3 cm³/mol. The summed E-state index contributed by atoms with van der Waals surface area (Å²) in [5.74, 6) is 1.91. The molecule has 0 radical (unpaired) electrons. The molecule has 2 saturated heterocycles. The van der Waals surface area contributed by atoms with E-state index in [1.54, 1.807) is 0 Å². The van der Waals surface area contributed by atoms with Crippen molar-refractivity contribution in [1.29, 1.82) is 0 Å². The van der Waals surface area contributed by atoms with Gasteiger partial charge in [-0.1, -0.05) is 13.8 Å². The first-order valence-electron chi connectivity index (χ1n) is 7.45. The van der Waals surface area contributed by atoms with Crippen LogP contribution in [0.5, 0.6) is 0 Å². The highest BCUT2D eigenvalue weighted by atomic mass is 32.2. The Morgan fingerprint density at radius 2 is 1.65 bits per heavy atom. The lowest BCUT2D eigenvalue weighted by Gasteiger charge is -2.43. The molecule has 2 aliphatic carbocycles. The fourth-order valence-corrected chi connectivity index (χ4v) is 5.71. The van der Waals surface area contributed by atoms with E-state index in [-0.39, 0.29) is 0 Å². The van der Waals surface area contributed by atoms with E-state index < -0.39 is 0 Å². The van der Waals surface area contributed by atoms with E-state index >= 15 is 0 Å². The van der Waals surface area contributed by atoms with Crippen molar-refractivity contribution in [2.45, 2.75) is 75.1 Å². The van der Waals surface area contributed by atoms with E-state index in [1.165, 1.54) is 38.5 Å². The Hall–Kier alpha value is 0.310. The number of epoxide rings is 1. The van der Waals surface area contributed by atoms with Crippen LogP contribution in [0.15, 0.2) is 0 Å². The molecule has 0 aromatic heterocycles. The second kappa shape index (κ2) is 3.66. The van der Waals surface area contributed by atoms with Gasteiger partial charge < -0.3 is 4.74 Å². The number of fused-ring (bicyclic) bond motifs is 2. The first-order valence-corrected chi connectivity index (χ1v) is 8.40. The van der Waals surface area contributed by atoms with Gasteiger partial charge in [-0.2, -0.15) is 11.8 Å². The molecule has 0 aromatic carbocycles. The lowest BCUT2D eigenvalue weighted by molar-refractivity contribution is 0.0692. The SMILES string of the molecule is CC(C)(C1CCC2OC2C1)C1CCC2SC2C1. The maximum absolute atomic E-state index is 5.72. The molecule has 2 aliphatic heterocycles. The van der Waals surface area contributed by atoms with Crippen molar-refractivity contribution in [3.8, 4) is 0 Å². The fraction of sp³-hybridized carbons (Fsp3) is 1.00. The third kappa shape index (κ3) is 1.87. The van der Waals surface area contributed by atoms with Crippen molar-refractivity contribution < 1.29 is 4.74 Å². The van der Waals surface area contributed by atoms with Crippen molar-refractivity contribution >= 4 is 11.8 Å². The smallest absolute Gasteiger partial charge is 0.0844 e. The lowest BCUT2D eigenvalue weighted by atomic mass is 9.61. The van der Waals surface area contributed by atoms with Crippen molar-refractivity contribution in [2.75, 3.05) is 0 Å². The highest BCUT2D eigenvalue weighted by Gasteiger charge is 2.52. The highest BCUT2D eigenvalue weighted by Crippen LogP contribution is 2.58. The topological polar surface area (TPSA) is 12.5 Å². The van der Waals surface area contributed by atoms with Crippen LogP contribution < -0.4 is 0 Å². The summed E-state index contributed by atoms with van der Waals surface area (Å²) >= 11 is 2.25. The third-order valence-corrected chi connectivity index (χ3v) is 7.58. The average molecular weight is 252 g/mol. The molecule has 2 heterocycles. The molecular weight excluding hydrogens is 228 g/mol. The van der Waals surface area contributed by atoms with Crippen LogP contribution in [0.4, 0.5) is 0 Å². The van der Waals surface area contributed by atoms with Crippen LogP contribution in [-0.2, 0) is 4.74 Å². The molecule has 4 rings (SSSR count). The summed E-state index contributed by atoms with van der Waals surface area (Å²) in [6, 6.07) is 0. The van der Waals surface area contributed by atoms with Crippen LogP contribution in [-0.4, -0.2) is 22.7 Å². The lowest BCUT2D eigenvalue weighted by Crippen LogP contribution is -2.37. The molecule has 1 nitrogen and oxygen atoms in total. The molecule has 4 fully saturated rings. The molecule has 96 valence electrons. The Balaban J connectivity index is 1.45. The van der Waals surface area contributed by atoms with Gasteiger partial charge in [0, 0.05) is 10.5 Å². The molecule has 0 aromatic rings. The Bertz CT molecular complexity index is 297. The first kappa shape index (κ1) is 11.2. The van der Waals surface area contributed by atoms with E-state index in [0.717, 1.165) is 22.3 Å². The minimum absolute atomic E-state index is 0.561. The van der Waals surface area contributed by atoms with Gasteiger partial charge >= 0.3 is 0 Å². The van der Waals surface area contributed by atoms with Crippen molar-refractivity contribution in [3.05, 3.63) is 0 Å². The molecular formula is C15H24OS. The summed E-state index contributed by atoms with van der Waals surface area (Å²) in [6.07, 6.45) is 9.93. The molecule has 17 heavy (non-hydrogen) atoms. The molecule has 2 heteroatoms. The van der Waals surface area contributed by atoms with Crippen molar-refractivity contribution in [3.63, 3.8) is 0 Å². The minimum Gasteiger partial charge on any atom is -0.370 e. The van der Waals surface area contributed by atoms with Crippen molar-refractivity contribution in [1.82, 2.24) is 0 Å². The summed E-state index contributed by atoms with van der Waals surface area (Å²) in [5, 5.41) is 2.10. The van der Waals surface area contributed by atoms with Gasteiger partial charge in [0.05, 0.1) is 12.2 Å². The normalized spacial score (nSPS) is 52.6. The largest absolute Gasteiger partial charge is 0.370 e. The monoisotopic (exact) mass is 252 g/mol. The zero-order valence-electron chi connectivity index (χ0n) is 11.0. The average Bonchev–Trinajstić information content (AvgIpc) is 3.21. The van der Waals surface area contributed by atoms with E-state index in [4.69, 9.17) is 4.74 Å². The zero-order valence-corrected chi connectivity index (χ0v) is 11.8. The van der Waals surface area contributed by atoms with Gasteiger partial charge in [-0.05, 0) is 55.8 Å². The maximum atomic E-state index is 5.72. The fourth-order valence-electron chi connectivity index (χ4n) is 4.49. The van der Waals surface area contributed by atoms with Gasteiger partial charge in [0.25, 0.3) is 0 Å². The third-order valence-electron chi connectivity index (χ3n) is 6.11. The van der Waals surface area contributed by atoms with E-state index in [1.807, 2.05) is 0 Å². The summed E-state index contributed by atoms with van der Waals surface area (Å²) in [6.45, 7) is 5.11. The minimum atomic E-state index is 0.561. The maximum Gasteiger partial charge on any atom is 0.0844 e. The molecule has 0 amide bonds. The molecule has 4 aliphatic rings. The van der Waals surface area contributed by atoms with Gasteiger partial charge in [0.15, 0.2) is 0 Å². The summed E-state index contributed by atoms with van der Waals surface area (Å²) in [5.41, 5.74) is 0.561. The van der Waals surface area contributed by atoms with Crippen LogP contribution in [0.2, 0.25) is 0 Å².